The summed E-state index contributed by atoms with van der Waals surface area (Å²) in [6, 6.07) is 8.06. The van der Waals surface area contributed by atoms with Crippen molar-refractivity contribution in [2.45, 2.75) is 4.90 Å². The number of benzene rings is 1. The maximum absolute atomic E-state index is 5.44. The normalized spacial score (nSPS) is 10.4. The Bertz CT molecular complexity index is 400. The first kappa shape index (κ1) is 7.58. The smallest absolute Gasteiger partial charge is 0.0346 e. The van der Waals surface area contributed by atoms with Crippen LogP contribution in [0, 0.1) is 0 Å². The molecule has 0 saturated carbocycles. The summed E-state index contributed by atoms with van der Waals surface area (Å²) >= 11 is 1.26. The maximum atomic E-state index is 5.44. The summed E-state index contributed by atoms with van der Waals surface area (Å²) in [4.78, 5) is 5.11. The van der Waals surface area contributed by atoms with Crippen LogP contribution in [0.4, 0.5) is 0 Å². The molecule has 0 amide bonds. The number of aromatic nitrogens is 1. The molecule has 60 valence electrons. The summed E-state index contributed by atoms with van der Waals surface area (Å²) in [6.07, 6.45) is 3.63. The van der Waals surface area contributed by atoms with E-state index in [-0.39, 0.29) is 0 Å². The van der Waals surface area contributed by atoms with Gasteiger partial charge in [-0.3, -0.25) is 10.1 Å². The van der Waals surface area contributed by atoms with E-state index in [1.54, 1.807) is 6.20 Å². The minimum Gasteiger partial charge on any atom is -0.274 e. The summed E-state index contributed by atoms with van der Waals surface area (Å²) in [5, 5.41) is 7.77. The molecular formula is C9H8N2S. The van der Waals surface area contributed by atoms with Crippen molar-refractivity contribution in [2.24, 2.45) is 5.14 Å². The average Bonchev–Trinajstić information content (AvgIpc) is 2.17. The van der Waals surface area contributed by atoms with Crippen LogP contribution in [0.15, 0.2) is 41.6 Å². The molecule has 0 fully saturated rings. The monoisotopic (exact) mass is 176 g/mol. The number of hydrogen-bond donors (Lipinski definition) is 1. The summed E-state index contributed by atoms with van der Waals surface area (Å²) in [5.41, 5.74) is 0. The van der Waals surface area contributed by atoms with Gasteiger partial charge >= 0.3 is 0 Å². The molecule has 0 radical (unpaired) electrons. The predicted molar refractivity (Wildman–Crippen MR) is 51.8 cm³/mol. The molecule has 0 spiro atoms. The van der Waals surface area contributed by atoms with Crippen molar-refractivity contribution in [1.29, 1.82) is 0 Å². The lowest BCUT2D eigenvalue weighted by Crippen LogP contribution is -1.80. The fourth-order valence-corrected chi connectivity index (χ4v) is 1.48. The third-order valence-electron chi connectivity index (χ3n) is 1.75. The van der Waals surface area contributed by atoms with Crippen molar-refractivity contribution in [3.05, 3.63) is 36.7 Å². The summed E-state index contributed by atoms with van der Waals surface area (Å²) in [6.45, 7) is 0. The van der Waals surface area contributed by atoms with E-state index in [1.165, 1.54) is 17.3 Å². The van der Waals surface area contributed by atoms with Crippen molar-refractivity contribution in [3.8, 4) is 0 Å². The largest absolute Gasteiger partial charge is 0.274 e. The van der Waals surface area contributed by atoms with Crippen molar-refractivity contribution in [1.82, 2.24) is 4.98 Å². The molecule has 0 aliphatic carbocycles. The highest BCUT2D eigenvalue weighted by atomic mass is 32.2. The van der Waals surface area contributed by atoms with Crippen LogP contribution in [0.2, 0.25) is 0 Å². The average molecular weight is 176 g/mol. The van der Waals surface area contributed by atoms with Crippen LogP contribution in [-0.2, 0) is 0 Å². The number of hydrogen-bond acceptors (Lipinski definition) is 3. The van der Waals surface area contributed by atoms with Crippen LogP contribution in [0.1, 0.15) is 0 Å². The minimum absolute atomic E-state index is 1.08. The molecule has 0 aliphatic heterocycles. The molecule has 1 aromatic heterocycles. The molecule has 2 aromatic rings. The Morgan fingerprint density at radius 2 is 2.08 bits per heavy atom. The zero-order valence-electron chi connectivity index (χ0n) is 6.40. The van der Waals surface area contributed by atoms with Gasteiger partial charge in [0.15, 0.2) is 0 Å². The first-order valence-electron chi connectivity index (χ1n) is 3.60. The molecule has 0 saturated heterocycles. The molecule has 0 atom stereocenters. The number of nitrogens with two attached hydrogens (primary N) is 1. The van der Waals surface area contributed by atoms with E-state index in [2.05, 4.69) is 11.1 Å². The lowest BCUT2D eigenvalue weighted by Gasteiger charge is -1.98. The molecular weight excluding hydrogens is 168 g/mol. The fourth-order valence-electron chi connectivity index (χ4n) is 1.13. The van der Waals surface area contributed by atoms with E-state index in [1.807, 2.05) is 24.4 Å². The van der Waals surface area contributed by atoms with Gasteiger partial charge in [0.25, 0.3) is 0 Å². The first-order chi connectivity index (χ1) is 5.90. The highest BCUT2D eigenvalue weighted by molar-refractivity contribution is 7.97. The predicted octanol–water partition coefficient (Wildman–Crippen LogP) is 2.20. The van der Waals surface area contributed by atoms with Crippen LogP contribution in [0.25, 0.3) is 10.8 Å². The Labute approximate surface area is 74.9 Å². The van der Waals surface area contributed by atoms with E-state index in [0.717, 1.165) is 10.3 Å². The van der Waals surface area contributed by atoms with Gasteiger partial charge in [0, 0.05) is 22.7 Å². The van der Waals surface area contributed by atoms with Gasteiger partial charge in [0.2, 0.25) is 0 Å². The van der Waals surface area contributed by atoms with Gasteiger partial charge in [-0.15, -0.1) is 0 Å². The Balaban J connectivity index is 2.67. The molecule has 1 heterocycles. The quantitative estimate of drug-likeness (QED) is 0.677. The highest BCUT2D eigenvalue weighted by Crippen LogP contribution is 2.18. The van der Waals surface area contributed by atoms with E-state index < -0.39 is 0 Å². The SMILES string of the molecule is NSc1ccc2cnccc2c1. The van der Waals surface area contributed by atoms with E-state index >= 15 is 0 Å². The fraction of sp³-hybridized carbons (Fsp3) is 0. The second-order valence-electron chi connectivity index (χ2n) is 2.50. The first-order valence-corrected chi connectivity index (χ1v) is 4.48. The second kappa shape index (κ2) is 3.13. The third-order valence-corrected chi connectivity index (χ3v) is 2.27. The number of nitrogens with zero attached hydrogens (tertiary/aromatic N) is 1. The second-order valence-corrected chi connectivity index (χ2v) is 3.21. The lowest BCUT2D eigenvalue weighted by atomic mass is 10.2. The van der Waals surface area contributed by atoms with Gasteiger partial charge < -0.3 is 0 Å². The molecule has 0 aliphatic rings. The van der Waals surface area contributed by atoms with Crippen molar-refractivity contribution < 1.29 is 0 Å². The molecule has 3 heteroatoms. The maximum Gasteiger partial charge on any atom is 0.0346 e. The zero-order chi connectivity index (χ0) is 8.39. The number of rotatable bonds is 1. The van der Waals surface area contributed by atoms with Gasteiger partial charge in [0.1, 0.15) is 0 Å². The van der Waals surface area contributed by atoms with E-state index in [4.69, 9.17) is 5.14 Å². The summed E-state index contributed by atoms with van der Waals surface area (Å²) < 4.78 is 0. The molecule has 12 heavy (non-hydrogen) atoms. The topological polar surface area (TPSA) is 38.9 Å². The standard InChI is InChI=1S/C9H8N2S/c10-12-9-2-1-8-6-11-4-3-7(8)5-9/h1-6H,10H2. The highest BCUT2D eigenvalue weighted by Gasteiger charge is 1.93. The number of pyridine rings is 1. The molecule has 1 aromatic carbocycles. The van der Waals surface area contributed by atoms with Crippen LogP contribution in [0.5, 0.6) is 0 Å². The van der Waals surface area contributed by atoms with Crippen molar-refractivity contribution in [2.75, 3.05) is 0 Å². The van der Waals surface area contributed by atoms with Gasteiger partial charge in [-0.25, -0.2) is 0 Å². The Morgan fingerprint density at radius 1 is 1.17 bits per heavy atom. The van der Waals surface area contributed by atoms with Crippen LogP contribution in [0.3, 0.4) is 0 Å². The van der Waals surface area contributed by atoms with Gasteiger partial charge in [0.05, 0.1) is 0 Å². The molecule has 2 nitrogen and oxygen atoms in total. The minimum atomic E-state index is 1.08. The van der Waals surface area contributed by atoms with E-state index in [0.29, 0.717) is 0 Å². The van der Waals surface area contributed by atoms with Crippen LogP contribution >= 0.6 is 11.9 Å². The van der Waals surface area contributed by atoms with Crippen molar-refractivity contribution >= 4 is 22.7 Å². The van der Waals surface area contributed by atoms with Crippen LogP contribution in [-0.4, -0.2) is 4.98 Å². The Hall–Kier alpha value is -1.06. The van der Waals surface area contributed by atoms with Gasteiger partial charge in [-0.1, -0.05) is 6.07 Å². The van der Waals surface area contributed by atoms with Gasteiger partial charge in [-0.2, -0.15) is 0 Å². The summed E-state index contributed by atoms with van der Waals surface area (Å²) in [7, 11) is 0. The van der Waals surface area contributed by atoms with Crippen molar-refractivity contribution in [3.63, 3.8) is 0 Å². The molecule has 2 N–H and O–H groups in total. The number of fused-ring (bicyclic) bond motifs is 1. The summed E-state index contributed by atoms with van der Waals surface area (Å²) in [5.74, 6) is 0. The lowest BCUT2D eigenvalue weighted by molar-refractivity contribution is 1.35. The van der Waals surface area contributed by atoms with E-state index in [9.17, 15) is 0 Å². The zero-order valence-corrected chi connectivity index (χ0v) is 7.21. The Morgan fingerprint density at radius 3 is 2.92 bits per heavy atom. The van der Waals surface area contributed by atoms with Gasteiger partial charge in [-0.05, 0) is 35.5 Å². The third kappa shape index (κ3) is 1.29. The molecule has 2 rings (SSSR count). The Kier molecular flexibility index (Phi) is 1.98. The molecule has 0 unspecified atom stereocenters. The van der Waals surface area contributed by atoms with Crippen LogP contribution < -0.4 is 5.14 Å². The molecule has 0 bridgehead atoms.